The Balaban J connectivity index is 0.000000384. The van der Waals surface area contributed by atoms with Crippen LogP contribution in [0, 0.1) is 5.92 Å². The average molecular weight is 627 g/mol. The highest BCUT2D eigenvalue weighted by atomic mass is 19.4. The van der Waals surface area contributed by atoms with E-state index in [2.05, 4.69) is 10.8 Å². The Bertz CT molecular complexity index is 1250. The number of nitrogens with two attached hydrogens (primary N) is 1. The van der Waals surface area contributed by atoms with Crippen LogP contribution in [0.4, 0.5) is 31.1 Å². The fourth-order valence-electron chi connectivity index (χ4n) is 4.13. The summed E-state index contributed by atoms with van der Waals surface area (Å²) in [4.78, 5) is 47.7. The van der Waals surface area contributed by atoms with Crippen LogP contribution in [-0.2, 0) is 27.3 Å². The van der Waals surface area contributed by atoms with E-state index >= 15 is 0 Å². The number of aliphatic carboxylic acids is 2. The summed E-state index contributed by atoms with van der Waals surface area (Å²) < 4.78 is 70.5. The van der Waals surface area contributed by atoms with Crippen LogP contribution in [0.1, 0.15) is 35.4 Å². The van der Waals surface area contributed by atoms with Crippen LogP contribution >= 0.6 is 0 Å². The normalized spacial score (nSPS) is 16.9. The molecule has 1 amide bonds. The number of likely N-dealkylation sites (tertiary alicyclic amines) is 1. The summed E-state index contributed by atoms with van der Waals surface area (Å²) in [5, 5.41) is 23.0. The molecule has 238 valence electrons. The fraction of sp³-hybridized carbons (Fsp3) is 0.480. The number of carbonyl (C=O) groups is 4. The second kappa shape index (κ2) is 14.7. The molecule has 18 heteroatoms. The number of fused-ring (bicyclic) bond motifs is 1. The first kappa shape index (κ1) is 34.8. The largest absolute Gasteiger partial charge is 0.506 e. The molecule has 2 aliphatic heterocycles. The SMILES string of the molecule is NCC1CCc2nc(-c3ccc(C(=O)N4CCC(OC(=O)O)CC4)cc3)cn2C1.O=C(O)C(F)(F)F.O=C(O)C(F)(F)F. The van der Waals surface area contributed by atoms with Crippen molar-refractivity contribution in [3.8, 4) is 11.3 Å². The van der Waals surface area contributed by atoms with Gasteiger partial charge < -0.3 is 35.3 Å². The number of nitrogens with zero attached hydrogens (tertiary/aromatic N) is 3. The summed E-state index contributed by atoms with van der Waals surface area (Å²) in [7, 11) is 0. The lowest BCUT2D eigenvalue weighted by atomic mass is 10.00. The molecule has 0 radical (unpaired) electrons. The second-order valence-electron chi connectivity index (χ2n) is 9.39. The third-order valence-electron chi connectivity index (χ3n) is 6.33. The maximum Gasteiger partial charge on any atom is 0.506 e. The zero-order valence-electron chi connectivity index (χ0n) is 22.3. The van der Waals surface area contributed by atoms with Gasteiger partial charge in [-0.25, -0.2) is 19.4 Å². The molecule has 3 heterocycles. The van der Waals surface area contributed by atoms with Crippen molar-refractivity contribution in [1.29, 1.82) is 0 Å². The summed E-state index contributed by atoms with van der Waals surface area (Å²) in [6, 6.07) is 7.53. The number of carboxylic acid groups (broad SMARTS) is 3. The van der Waals surface area contributed by atoms with E-state index in [1.165, 1.54) is 0 Å². The number of piperidine rings is 1. The molecule has 4 rings (SSSR count). The van der Waals surface area contributed by atoms with Crippen molar-refractivity contribution in [1.82, 2.24) is 14.5 Å². The van der Waals surface area contributed by atoms with E-state index in [0.717, 1.165) is 36.5 Å². The summed E-state index contributed by atoms with van der Waals surface area (Å²) in [6.07, 6.45) is -6.61. The molecule has 1 unspecified atom stereocenters. The summed E-state index contributed by atoms with van der Waals surface area (Å²) in [5.41, 5.74) is 8.34. The number of hydrogen-bond donors (Lipinski definition) is 4. The zero-order chi connectivity index (χ0) is 32.5. The Labute approximate surface area is 239 Å². The predicted octanol–water partition coefficient (Wildman–Crippen LogP) is 3.64. The van der Waals surface area contributed by atoms with E-state index in [9.17, 15) is 35.9 Å². The number of hydrogen-bond acceptors (Lipinski definition) is 7. The van der Waals surface area contributed by atoms with Gasteiger partial charge in [-0.15, -0.1) is 0 Å². The van der Waals surface area contributed by atoms with E-state index < -0.39 is 30.4 Å². The number of rotatable bonds is 4. The lowest BCUT2D eigenvalue weighted by Crippen LogP contribution is -2.41. The van der Waals surface area contributed by atoms with Crippen molar-refractivity contribution in [2.24, 2.45) is 11.7 Å². The van der Waals surface area contributed by atoms with Crippen molar-refractivity contribution in [2.75, 3.05) is 19.6 Å². The fourth-order valence-corrected chi connectivity index (χ4v) is 4.13. The first-order chi connectivity index (χ1) is 19.9. The lowest BCUT2D eigenvalue weighted by molar-refractivity contribution is -0.193. The van der Waals surface area contributed by atoms with Gasteiger partial charge in [-0.1, -0.05) is 12.1 Å². The van der Waals surface area contributed by atoms with Crippen LogP contribution in [0.15, 0.2) is 30.5 Å². The molecule has 1 aromatic carbocycles. The van der Waals surface area contributed by atoms with Gasteiger partial charge in [0.05, 0.1) is 5.69 Å². The van der Waals surface area contributed by atoms with Crippen molar-refractivity contribution in [2.45, 2.75) is 50.7 Å². The molecule has 0 aliphatic carbocycles. The van der Waals surface area contributed by atoms with Gasteiger partial charge in [-0.05, 0) is 31.0 Å². The first-order valence-electron chi connectivity index (χ1n) is 12.6. The van der Waals surface area contributed by atoms with Gasteiger partial charge in [0.2, 0.25) is 0 Å². The van der Waals surface area contributed by atoms with E-state index in [1.807, 2.05) is 24.3 Å². The van der Waals surface area contributed by atoms with Gasteiger partial charge in [0.25, 0.3) is 5.91 Å². The maximum atomic E-state index is 12.7. The van der Waals surface area contributed by atoms with Gasteiger partial charge in [0.1, 0.15) is 11.9 Å². The van der Waals surface area contributed by atoms with Gasteiger partial charge in [0, 0.05) is 56.2 Å². The maximum absolute atomic E-state index is 12.7. The Morgan fingerprint density at radius 3 is 1.86 bits per heavy atom. The topological polar surface area (TPSA) is 185 Å². The highest BCUT2D eigenvalue weighted by Gasteiger charge is 2.39. The van der Waals surface area contributed by atoms with Crippen LogP contribution in [0.2, 0.25) is 0 Å². The van der Waals surface area contributed by atoms with Gasteiger partial charge in [0.15, 0.2) is 0 Å². The molecule has 1 saturated heterocycles. The molecule has 0 spiro atoms. The average Bonchev–Trinajstić information content (AvgIpc) is 3.36. The molecular formula is C25H28F6N4O8. The Morgan fingerprint density at radius 1 is 0.907 bits per heavy atom. The molecule has 2 aromatic rings. The molecular weight excluding hydrogens is 598 g/mol. The minimum atomic E-state index is -5.08. The molecule has 0 bridgehead atoms. The van der Waals surface area contributed by atoms with Crippen LogP contribution in [-0.4, -0.2) is 91.9 Å². The Morgan fingerprint density at radius 2 is 1.42 bits per heavy atom. The van der Waals surface area contributed by atoms with Crippen molar-refractivity contribution in [3.05, 3.63) is 41.9 Å². The van der Waals surface area contributed by atoms with E-state index in [0.29, 0.717) is 44.0 Å². The molecule has 1 aromatic heterocycles. The molecule has 43 heavy (non-hydrogen) atoms. The number of ether oxygens (including phenoxy) is 1. The number of carboxylic acids is 2. The number of imidazole rings is 1. The minimum absolute atomic E-state index is 0.0414. The molecule has 1 atom stereocenters. The number of benzene rings is 1. The van der Waals surface area contributed by atoms with Crippen LogP contribution in [0.25, 0.3) is 11.3 Å². The molecule has 12 nitrogen and oxygen atoms in total. The monoisotopic (exact) mass is 626 g/mol. The van der Waals surface area contributed by atoms with Gasteiger partial charge in [-0.3, -0.25) is 4.79 Å². The lowest BCUT2D eigenvalue weighted by Gasteiger charge is -2.31. The quantitative estimate of drug-likeness (QED) is 0.289. The van der Waals surface area contributed by atoms with E-state index in [4.69, 9.17) is 40.4 Å². The standard InChI is InChI=1S/C21H26N4O4.2C2HF3O2/c22-11-14-1-6-19-23-18(13-25(19)12-14)15-2-4-16(5-3-15)20(26)24-9-7-17(8-10-24)29-21(27)28;2*3-2(4,5)1(6)7/h2-5,13-14,17H,1,6-12,22H2,(H,27,28);2*(H,6,7). The molecule has 5 N–H and O–H groups in total. The second-order valence-corrected chi connectivity index (χ2v) is 9.39. The van der Waals surface area contributed by atoms with Gasteiger partial charge in [-0.2, -0.15) is 26.3 Å². The number of aryl methyl sites for hydroxylation is 1. The summed E-state index contributed by atoms with van der Waals surface area (Å²) >= 11 is 0. The Kier molecular flexibility index (Phi) is 11.9. The summed E-state index contributed by atoms with van der Waals surface area (Å²) in [6.45, 7) is 2.60. The number of alkyl halides is 6. The minimum Gasteiger partial charge on any atom is -0.475 e. The third kappa shape index (κ3) is 10.8. The predicted molar refractivity (Wildman–Crippen MR) is 134 cm³/mol. The Hall–Kier alpha value is -4.35. The first-order valence-corrected chi connectivity index (χ1v) is 12.6. The van der Waals surface area contributed by atoms with Crippen LogP contribution < -0.4 is 5.73 Å². The highest BCUT2D eigenvalue weighted by molar-refractivity contribution is 5.94. The molecule has 0 saturated carbocycles. The third-order valence-corrected chi connectivity index (χ3v) is 6.33. The smallest absolute Gasteiger partial charge is 0.475 e. The number of halogens is 6. The number of aromatic nitrogens is 2. The van der Waals surface area contributed by atoms with E-state index in [1.54, 1.807) is 4.90 Å². The summed E-state index contributed by atoms with van der Waals surface area (Å²) in [5.74, 6) is -3.95. The van der Waals surface area contributed by atoms with E-state index in [-0.39, 0.29) is 12.0 Å². The van der Waals surface area contributed by atoms with Gasteiger partial charge >= 0.3 is 30.4 Å². The molecule has 2 aliphatic rings. The zero-order valence-corrected chi connectivity index (χ0v) is 22.3. The van der Waals surface area contributed by atoms with Crippen molar-refractivity contribution < 1.29 is 65.6 Å². The van der Waals surface area contributed by atoms with Crippen molar-refractivity contribution in [3.63, 3.8) is 0 Å². The number of carbonyl (C=O) groups excluding carboxylic acids is 1. The van der Waals surface area contributed by atoms with Crippen LogP contribution in [0.5, 0.6) is 0 Å². The highest BCUT2D eigenvalue weighted by Crippen LogP contribution is 2.25. The molecule has 1 fully saturated rings. The number of amides is 1. The van der Waals surface area contributed by atoms with Crippen molar-refractivity contribution >= 4 is 24.0 Å². The van der Waals surface area contributed by atoms with Crippen LogP contribution in [0.3, 0.4) is 0 Å².